The van der Waals surface area contributed by atoms with Gasteiger partial charge in [0.15, 0.2) is 5.78 Å². The second kappa shape index (κ2) is 5.25. The average molecular weight is 303 g/mol. The third-order valence-corrected chi connectivity index (χ3v) is 4.01. The normalized spacial score (nSPS) is 23.0. The van der Waals surface area contributed by atoms with Crippen molar-refractivity contribution in [1.29, 1.82) is 0 Å². The maximum atomic E-state index is 12.0. The lowest BCUT2D eigenvalue weighted by atomic mass is 9.99. The van der Waals surface area contributed by atoms with Crippen LogP contribution in [0.2, 0.25) is 0 Å². The van der Waals surface area contributed by atoms with Crippen molar-refractivity contribution in [3.8, 4) is 0 Å². The van der Waals surface area contributed by atoms with Crippen LogP contribution in [0.5, 0.6) is 0 Å². The number of rotatable bonds is 4. The van der Waals surface area contributed by atoms with Crippen LogP contribution >= 0.6 is 0 Å². The van der Waals surface area contributed by atoms with E-state index in [2.05, 4.69) is 0 Å². The minimum absolute atomic E-state index is 0.0557. The van der Waals surface area contributed by atoms with E-state index < -0.39 is 17.9 Å². The molecule has 2 heterocycles. The van der Waals surface area contributed by atoms with Gasteiger partial charge in [-0.3, -0.25) is 9.59 Å². The molecule has 2 aliphatic rings. The van der Waals surface area contributed by atoms with Crippen LogP contribution in [0.25, 0.3) is 0 Å². The molecule has 7 nitrogen and oxygen atoms in total. The highest BCUT2D eigenvalue weighted by molar-refractivity contribution is 6.03. The number of ether oxygens (including phenoxy) is 1. The maximum Gasteiger partial charge on any atom is 0.339 e. The van der Waals surface area contributed by atoms with Gasteiger partial charge in [0.05, 0.1) is 29.5 Å². The van der Waals surface area contributed by atoms with Gasteiger partial charge in [0.2, 0.25) is 5.91 Å². The summed E-state index contributed by atoms with van der Waals surface area (Å²) in [6.45, 7) is 0.113. The van der Waals surface area contributed by atoms with Gasteiger partial charge in [-0.2, -0.15) is 0 Å². The molecule has 3 rings (SSSR count). The Kier molecular flexibility index (Phi) is 3.40. The SMILES string of the molecule is O=C(O)c1ccccc1C(=O)OCC1CN2C(=O)CC2C1=O. The number of Topliss-reactive ketones (excluding diaryl/α,β-unsaturated/α-hetero) is 1. The van der Waals surface area contributed by atoms with E-state index in [0.29, 0.717) is 0 Å². The summed E-state index contributed by atoms with van der Waals surface area (Å²) in [4.78, 5) is 47.8. The number of carboxylic acids is 1. The van der Waals surface area contributed by atoms with Crippen LogP contribution in [0.15, 0.2) is 24.3 Å². The third kappa shape index (κ3) is 2.24. The summed E-state index contributed by atoms with van der Waals surface area (Å²) in [6, 6.07) is 5.34. The number of carbonyl (C=O) groups is 4. The van der Waals surface area contributed by atoms with Gasteiger partial charge in [-0.25, -0.2) is 9.59 Å². The zero-order valence-electron chi connectivity index (χ0n) is 11.5. The molecule has 0 spiro atoms. The van der Waals surface area contributed by atoms with Gasteiger partial charge < -0.3 is 14.7 Å². The van der Waals surface area contributed by atoms with E-state index in [0.717, 1.165) is 0 Å². The van der Waals surface area contributed by atoms with Crippen molar-refractivity contribution in [3.63, 3.8) is 0 Å². The van der Waals surface area contributed by atoms with Gasteiger partial charge in [0.1, 0.15) is 6.61 Å². The molecule has 2 fully saturated rings. The Balaban J connectivity index is 1.65. The first-order valence-corrected chi connectivity index (χ1v) is 6.81. The highest BCUT2D eigenvalue weighted by Gasteiger charge is 2.50. The maximum absolute atomic E-state index is 12.0. The van der Waals surface area contributed by atoms with E-state index in [9.17, 15) is 19.2 Å². The van der Waals surface area contributed by atoms with E-state index in [1.54, 1.807) is 0 Å². The minimum atomic E-state index is -1.22. The highest BCUT2D eigenvalue weighted by Crippen LogP contribution is 2.31. The summed E-state index contributed by atoms with van der Waals surface area (Å²) in [5.74, 6) is -2.70. The number of fused-ring (bicyclic) bond motifs is 1. The van der Waals surface area contributed by atoms with Crippen molar-refractivity contribution < 1.29 is 29.0 Å². The number of nitrogens with zero attached hydrogens (tertiary/aromatic N) is 1. The third-order valence-electron chi connectivity index (χ3n) is 4.01. The van der Waals surface area contributed by atoms with Crippen LogP contribution in [-0.4, -0.2) is 52.8 Å². The number of β-lactam (4-membered cyclic amide) rings is 1. The molecule has 0 bridgehead atoms. The van der Waals surface area contributed by atoms with Crippen LogP contribution in [0.3, 0.4) is 0 Å². The Labute approximate surface area is 125 Å². The second-order valence-electron chi connectivity index (χ2n) is 5.31. The lowest BCUT2D eigenvalue weighted by molar-refractivity contribution is -0.146. The van der Waals surface area contributed by atoms with Crippen LogP contribution in [0, 0.1) is 5.92 Å². The summed E-state index contributed by atoms with van der Waals surface area (Å²) in [6.07, 6.45) is 0.227. The van der Waals surface area contributed by atoms with E-state index in [1.807, 2.05) is 0 Å². The fraction of sp³-hybridized carbons (Fsp3) is 0.333. The first-order valence-electron chi connectivity index (χ1n) is 6.81. The van der Waals surface area contributed by atoms with Crippen molar-refractivity contribution in [2.24, 2.45) is 5.92 Å². The molecular formula is C15H13NO6. The summed E-state index contributed by atoms with van der Waals surface area (Å²) in [7, 11) is 0. The Morgan fingerprint density at radius 2 is 1.91 bits per heavy atom. The van der Waals surface area contributed by atoms with Gasteiger partial charge >= 0.3 is 11.9 Å². The molecule has 2 atom stereocenters. The molecule has 7 heteroatoms. The number of carbonyl (C=O) groups excluding carboxylic acids is 3. The van der Waals surface area contributed by atoms with Gasteiger partial charge in [0, 0.05) is 6.54 Å². The smallest absolute Gasteiger partial charge is 0.339 e. The number of benzene rings is 1. The predicted molar refractivity (Wildman–Crippen MR) is 72.3 cm³/mol. The van der Waals surface area contributed by atoms with Gasteiger partial charge in [0.25, 0.3) is 0 Å². The molecule has 1 amide bonds. The topological polar surface area (TPSA) is 101 Å². The molecule has 22 heavy (non-hydrogen) atoms. The van der Waals surface area contributed by atoms with E-state index in [1.165, 1.54) is 29.2 Å². The highest BCUT2D eigenvalue weighted by atomic mass is 16.5. The van der Waals surface area contributed by atoms with Gasteiger partial charge in [-0.1, -0.05) is 12.1 Å². The molecule has 0 radical (unpaired) electrons. The average Bonchev–Trinajstić information content (AvgIpc) is 2.76. The summed E-state index contributed by atoms with van der Waals surface area (Å²) < 4.78 is 5.07. The first kappa shape index (κ1) is 14.2. The predicted octanol–water partition coefficient (Wildman–Crippen LogP) is 0.341. The lowest BCUT2D eigenvalue weighted by Crippen LogP contribution is -2.50. The lowest BCUT2D eigenvalue weighted by Gasteiger charge is -2.32. The van der Waals surface area contributed by atoms with Crippen LogP contribution < -0.4 is 0 Å². The standard InChI is InChI=1S/C15H13NO6/c17-12-5-11-13(18)8(6-16(11)12)7-22-15(21)10-4-2-1-3-9(10)14(19)20/h1-4,8,11H,5-7H2,(H,19,20). The number of carboxylic acid groups (broad SMARTS) is 1. The molecule has 1 aromatic rings. The largest absolute Gasteiger partial charge is 0.478 e. The summed E-state index contributed by atoms with van der Waals surface area (Å²) in [5.41, 5.74) is -0.205. The minimum Gasteiger partial charge on any atom is -0.478 e. The van der Waals surface area contributed by atoms with Crippen LogP contribution in [0.4, 0.5) is 0 Å². The molecular weight excluding hydrogens is 290 g/mol. The van der Waals surface area contributed by atoms with Crippen molar-refractivity contribution in [1.82, 2.24) is 4.90 Å². The number of hydrogen-bond donors (Lipinski definition) is 1. The molecule has 0 saturated carbocycles. The summed E-state index contributed by atoms with van der Waals surface area (Å²) >= 11 is 0. The number of esters is 1. The number of amides is 1. The Bertz CT molecular complexity index is 682. The van der Waals surface area contributed by atoms with E-state index >= 15 is 0 Å². The molecule has 1 N–H and O–H groups in total. The first-order chi connectivity index (χ1) is 10.5. The fourth-order valence-electron chi connectivity index (χ4n) is 2.77. The second-order valence-corrected chi connectivity index (χ2v) is 5.31. The van der Waals surface area contributed by atoms with Gasteiger partial charge in [-0.15, -0.1) is 0 Å². The van der Waals surface area contributed by atoms with Crippen LogP contribution in [0.1, 0.15) is 27.1 Å². The van der Waals surface area contributed by atoms with Crippen molar-refractivity contribution in [2.75, 3.05) is 13.2 Å². The summed E-state index contributed by atoms with van der Waals surface area (Å²) in [5, 5.41) is 9.04. The zero-order chi connectivity index (χ0) is 15.9. The monoisotopic (exact) mass is 303 g/mol. The zero-order valence-corrected chi connectivity index (χ0v) is 11.5. The fourth-order valence-corrected chi connectivity index (χ4v) is 2.77. The number of hydrogen-bond acceptors (Lipinski definition) is 5. The molecule has 114 valence electrons. The van der Waals surface area contributed by atoms with E-state index in [-0.39, 0.29) is 48.4 Å². The van der Waals surface area contributed by atoms with Crippen molar-refractivity contribution in [3.05, 3.63) is 35.4 Å². The molecule has 2 aliphatic heterocycles. The van der Waals surface area contributed by atoms with Crippen LogP contribution in [-0.2, 0) is 14.3 Å². The Morgan fingerprint density at radius 1 is 1.23 bits per heavy atom. The molecule has 2 unspecified atom stereocenters. The molecule has 0 aromatic heterocycles. The number of ketones is 1. The van der Waals surface area contributed by atoms with Crippen molar-refractivity contribution in [2.45, 2.75) is 12.5 Å². The number of aromatic carboxylic acids is 1. The Hall–Kier alpha value is -2.70. The van der Waals surface area contributed by atoms with E-state index in [4.69, 9.17) is 9.84 Å². The van der Waals surface area contributed by atoms with Gasteiger partial charge in [-0.05, 0) is 12.1 Å². The Morgan fingerprint density at radius 3 is 2.50 bits per heavy atom. The molecule has 0 aliphatic carbocycles. The quantitative estimate of drug-likeness (QED) is 0.636. The van der Waals surface area contributed by atoms with Crippen molar-refractivity contribution >= 4 is 23.6 Å². The molecule has 2 saturated heterocycles. The molecule has 1 aromatic carbocycles.